The zero-order valence-corrected chi connectivity index (χ0v) is 11.3. The lowest BCUT2D eigenvalue weighted by molar-refractivity contribution is 0.151. The zero-order valence-electron chi connectivity index (χ0n) is 11.3. The summed E-state index contributed by atoms with van der Waals surface area (Å²) in [4.78, 5) is 3.98. The van der Waals surface area contributed by atoms with Crippen LogP contribution in [0.1, 0.15) is 29.7 Å². The van der Waals surface area contributed by atoms with Crippen molar-refractivity contribution in [3.8, 4) is 11.3 Å². The van der Waals surface area contributed by atoms with E-state index in [2.05, 4.69) is 27.4 Å². The van der Waals surface area contributed by atoms with Gasteiger partial charge in [0.25, 0.3) is 0 Å². The highest BCUT2D eigenvalue weighted by atomic mass is 16.3. The van der Waals surface area contributed by atoms with Crippen LogP contribution in [0.15, 0.2) is 55.0 Å². The predicted molar refractivity (Wildman–Crippen MR) is 77.4 cm³/mol. The molecule has 2 aromatic heterocycles. The molecule has 0 bridgehead atoms. The van der Waals surface area contributed by atoms with Crippen LogP contribution in [0, 0.1) is 0 Å². The summed E-state index contributed by atoms with van der Waals surface area (Å²) >= 11 is 0. The van der Waals surface area contributed by atoms with E-state index in [9.17, 15) is 5.11 Å². The molecule has 21 heavy (non-hydrogen) atoms. The van der Waals surface area contributed by atoms with E-state index >= 15 is 0 Å². The van der Waals surface area contributed by atoms with Crippen LogP contribution in [-0.2, 0) is 0 Å². The standard InChI is InChI=1S/C16H14N4O/c21-16(11-5-7-17-8-6-11)9-14-12-3-1-2-4-13(12)15-10-18-19-20(14)15/h1-8,10,14,16,21H,9H2. The quantitative estimate of drug-likeness (QED) is 0.799. The van der Waals surface area contributed by atoms with E-state index < -0.39 is 6.10 Å². The van der Waals surface area contributed by atoms with E-state index in [4.69, 9.17) is 0 Å². The van der Waals surface area contributed by atoms with Crippen molar-refractivity contribution in [2.45, 2.75) is 18.6 Å². The zero-order chi connectivity index (χ0) is 14.2. The number of rotatable bonds is 3. The monoisotopic (exact) mass is 278 g/mol. The molecule has 0 spiro atoms. The molecule has 0 saturated carbocycles. The molecule has 0 radical (unpaired) electrons. The van der Waals surface area contributed by atoms with E-state index in [0.29, 0.717) is 6.42 Å². The minimum Gasteiger partial charge on any atom is -0.388 e. The molecule has 1 aliphatic rings. The topological polar surface area (TPSA) is 63.8 Å². The van der Waals surface area contributed by atoms with Crippen molar-refractivity contribution in [3.63, 3.8) is 0 Å². The first-order valence-electron chi connectivity index (χ1n) is 6.92. The summed E-state index contributed by atoms with van der Waals surface area (Å²) in [7, 11) is 0. The second-order valence-electron chi connectivity index (χ2n) is 5.20. The van der Waals surface area contributed by atoms with Crippen LogP contribution in [0.2, 0.25) is 0 Å². The van der Waals surface area contributed by atoms with Gasteiger partial charge in [0.15, 0.2) is 0 Å². The summed E-state index contributed by atoms with van der Waals surface area (Å²) < 4.78 is 1.90. The molecule has 3 aromatic rings. The molecule has 0 saturated heterocycles. The number of fused-ring (bicyclic) bond motifs is 3. The molecule has 1 N–H and O–H groups in total. The Morgan fingerprint density at radius 3 is 2.81 bits per heavy atom. The Bertz CT molecular complexity index is 769. The molecule has 1 aromatic carbocycles. The SMILES string of the molecule is OC(CC1c2ccccc2-c2cnnn21)c1ccncc1. The van der Waals surface area contributed by atoms with E-state index in [0.717, 1.165) is 16.8 Å². The second kappa shape index (κ2) is 4.79. The van der Waals surface area contributed by atoms with Crippen LogP contribution in [0.4, 0.5) is 0 Å². The van der Waals surface area contributed by atoms with Gasteiger partial charge < -0.3 is 5.11 Å². The first-order valence-corrected chi connectivity index (χ1v) is 6.92. The molecule has 5 heteroatoms. The maximum absolute atomic E-state index is 10.5. The number of aromatic nitrogens is 4. The Hall–Kier alpha value is -2.53. The van der Waals surface area contributed by atoms with Crippen LogP contribution in [0.5, 0.6) is 0 Å². The molecule has 0 fully saturated rings. The van der Waals surface area contributed by atoms with Gasteiger partial charge in [-0.25, -0.2) is 4.68 Å². The van der Waals surface area contributed by atoms with Crippen LogP contribution < -0.4 is 0 Å². The first kappa shape index (κ1) is 12.2. The predicted octanol–water partition coefficient (Wildman–Crippen LogP) is 2.37. The van der Waals surface area contributed by atoms with Crippen LogP contribution in [0.25, 0.3) is 11.3 Å². The van der Waals surface area contributed by atoms with Gasteiger partial charge >= 0.3 is 0 Å². The highest BCUT2D eigenvalue weighted by Gasteiger charge is 2.31. The smallest absolute Gasteiger partial charge is 0.0896 e. The van der Waals surface area contributed by atoms with Gasteiger partial charge in [-0.3, -0.25) is 4.98 Å². The number of aliphatic hydroxyl groups is 1. The molecule has 2 atom stereocenters. The Kier molecular flexibility index (Phi) is 2.79. The average molecular weight is 278 g/mol. The molecule has 1 aliphatic heterocycles. The molecular weight excluding hydrogens is 264 g/mol. The van der Waals surface area contributed by atoms with Crippen molar-refractivity contribution in [1.29, 1.82) is 0 Å². The van der Waals surface area contributed by atoms with Gasteiger partial charge in [-0.05, 0) is 23.3 Å². The van der Waals surface area contributed by atoms with Gasteiger partial charge in [0.2, 0.25) is 0 Å². The van der Waals surface area contributed by atoms with Crippen molar-refractivity contribution in [1.82, 2.24) is 20.0 Å². The Morgan fingerprint density at radius 2 is 1.95 bits per heavy atom. The molecule has 4 rings (SSSR count). The third-order valence-electron chi connectivity index (χ3n) is 4.00. The first-order chi connectivity index (χ1) is 10.3. The van der Waals surface area contributed by atoms with Gasteiger partial charge in [-0.15, -0.1) is 5.10 Å². The fourth-order valence-electron chi connectivity index (χ4n) is 2.98. The van der Waals surface area contributed by atoms with E-state index in [1.807, 2.05) is 28.9 Å². The molecule has 2 unspecified atom stereocenters. The summed E-state index contributed by atoms with van der Waals surface area (Å²) in [5, 5.41) is 18.7. The van der Waals surface area contributed by atoms with Crippen molar-refractivity contribution in [3.05, 3.63) is 66.1 Å². The Labute approximate surface area is 121 Å². The summed E-state index contributed by atoms with van der Waals surface area (Å²) in [6.07, 6.45) is 5.18. The number of hydrogen-bond acceptors (Lipinski definition) is 4. The molecule has 5 nitrogen and oxygen atoms in total. The third-order valence-corrected chi connectivity index (χ3v) is 4.00. The van der Waals surface area contributed by atoms with Gasteiger partial charge in [-0.2, -0.15) is 0 Å². The van der Waals surface area contributed by atoms with Crippen LogP contribution >= 0.6 is 0 Å². The van der Waals surface area contributed by atoms with E-state index in [1.165, 1.54) is 5.56 Å². The van der Waals surface area contributed by atoms with Crippen molar-refractivity contribution >= 4 is 0 Å². The second-order valence-corrected chi connectivity index (χ2v) is 5.20. The minimum absolute atomic E-state index is 0.0156. The lowest BCUT2D eigenvalue weighted by Crippen LogP contribution is -2.12. The fourth-order valence-corrected chi connectivity index (χ4v) is 2.98. The van der Waals surface area contributed by atoms with Gasteiger partial charge in [0.1, 0.15) is 0 Å². The molecular formula is C16H14N4O. The average Bonchev–Trinajstić information content (AvgIpc) is 3.11. The summed E-state index contributed by atoms with van der Waals surface area (Å²) in [5.41, 5.74) is 4.22. The van der Waals surface area contributed by atoms with Gasteiger partial charge in [0.05, 0.1) is 24.0 Å². The van der Waals surface area contributed by atoms with Crippen LogP contribution in [-0.4, -0.2) is 25.1 Å². The number of nitrogens with zero attached hydrogens (tertiary/aromatic N) is 4. The highest BCUT2D eigenvalue weighted by molar-refractivity contribution is 5.68. The van der Waals surface area contributed by atoms with Crippen molar-refractivity contribution in [2.24, 2.45) is 0 Å². The third kappa shape index (κ3) is 1.94. The largest absolute Gasteiger partial charge is 0.388 e. The lowest BCUT2D eigenvalue weighted by atomic mass is 9.96. The highest BCUT2D eigenvalue weighted by Crippen LogP contribution is 2.41. The number of hydrogen-bond donors (Lipinski definition) is 1. The van der Waals surface area contributed by atoms with Crippen molar-refractivity contribution in [2.75, 3.05) is 0 Å². The molecule has 0 aliphatic carbocycles. The Morgan fingerprint density at radius 1 is 1.14 bits per heavy atom. The number of benzene rings is 1. The lowest BCUT2D eigenvalue weighted by Gasteiger charge is -2.18. The fraction of sp³-hybridized carbons (Fsp3) is 0.188. The maximum Gasteiger partial charge on any atom is 0.0896 e. The molecule has 3 heterocycles. The maximum atomic E-state index is 10.5. The van der Waals surface area contributed by atoms with Gasteiger partial charge in [0, 0.05) is 24.4 Å². The molecule has 104 valence electrons. The minimum atomic E-state index is -0.554. The summed E-state index contributed by atoms with van der Waals surface area (Å²) in [5.74, 6) is 0. The van der Waals surface area contributed by atoms with Gasteiger partial charge in [-0.1, -0.05) is 29.5 Å². The number of aliphatic hydroxyl groups excluding tert-OH is 1. The van der Waals surface area contributed by atoms with E-state index in [1.54, 1.807) is 18.6 Å². The molecule has 0 amide bonds. The normalized spacial score (nSPS) is 17.3. The van der Waals surface area contributed by atoms with E-state index in [-0.39, 0.29) is 6.04 Å². The Balaban J connectivity index is 1.70. The summed E-state index contributed by atoms with van der Waals surface area (Å²) in [6.45, 7) is 0. The van der Waals surface area contributed by atoms with Crippen LogP contribution in [0.3, 0.4) is 0 Å². The van der Waals surface area contributed by atoms with Crippen molar-refractivity contribution < 1.29 is 5.11 Å². The number of pyridine rings is 1. The summed E-state index contributed by atoms with van der Waals surface area (Å²) in [6, 6.07) is 11.9.